The van der Waals surface area contributed by atoms with Gasteiger partial charge in [-0.3, -0.25) is 9.59 Å². The van der Waals surface area contributed by atoms with Crippen molar-refractivity contribution in [2.45, 2.75) is 64.3 Å². The lowest BCUT2D eigenvalue weighted by atomic mass is 9.84. The molecule has 2 fully saturated rings. The fourth-order valence-electron chi connectivity index (χ4n) is 6.26. The molecule has 1 amide bonds. The van der Waals surface area contributed by atoms with Crippen LogP contribution in [0.2, 0.25) is 0 Å². The Kier molecular flexibility index (Phi) is 10.4. The highest BCUT2D eigenvalue weighted by atomic mass is 32.2. The predicted octanol–water partition coefficient (Wildman–Crippen LogP) is 4.40. The molecule has 1 saturated carbocycles. The summed E-state index contributed by atoms with van der Waals surface area (Å²) in [5.41, 5.74) is 0.930. The maximum Gasteiger partial charge on any atom is 0.306 e. The number of amides is 1. The van der Waals surface area contributed by atoms with Gasteiger partial charge in [-0.15, -0.1) is 0 Å². The van der Waals surface area contributed by atoms with Crippen LogP contribution in [0.5, 0.6) is 5.75 Å². The minimum atomic E-state index is -3.02. The first kappa shape index (κ1) is 31.7. The van der Waals surface area contributed by atoms with Crippen LogP contribution in [0.4, 0.5) is 5.95 Å². The van der Waals surface area contributed by atoms with E-state index in [0.29, 0.717) is 56.8 Å². The number of fused-ring (bicyclic) bond motifs is 1. The quantitative estimate of drug-likeness (QED) is 0.230. The van der Waals surface area contributed by atoms with E-state index < -0.39 is 9.84 Å². The van der Waals surface area contributed by atoms with Gasteiger partial charge in [-0.25, -0.2) is 13.4 Å². The molecule has 44 heavy (non-hydrogen) atoms. The number of esters is 1. The standard InChI is InChI=1S/C32H43N5O6S/c1-3-42-30(38)22-23-13-17-36(18-14-23)31(39)24-8-10-25(11-9-24)34-32-33-16-12-29(35-32)37-19-15-26-27(37)6-4-7-28(26)43-20-5-21-44(2,40)41/h4,6-7,12,15-16,19,23-25H,3,5,8-11,13-14,17-18,20-22H2,1-2H3,(H,33,34,35)/t24-,25-. The lowest BCUT2D eigenvalue weighted by Gasteiger charge is -2.36. The first-order chi connectivity index (χ1) is 21.2. The maximum atomic E-state index is 13.2. The van der Waals surface area contributed by atoms with Crippen molar-refractivity contribution in [1.82, 2.24) is 19.4 Å². The number of nitrogens with one attached hydrogen (secondary N) is 1. The predicted molar refractivity (Wildman–Crippen MR) is 169 cm³/mol. The SMILES string of the molecule is CCOC(=O)CC1CCN(C(=O)[C@H]2CC[C@H](Nc3nccc(-n4ccc5c(OCCCS(C)(=O)=O)cccc54)n3)CC2)CC1. The van der Waals surface area contributed by atoms with Gasteiger partial charge < -0.3 is 24.3 Å². The maximum absolute atomic E-state index is 13.2. The highest BCUT2D eigenvalue weighted by Gasteiger charge is 2.32. The van der Waals surface area contributed by atoms with Crippen molar-refractivity contribution in [3.63, 3.8) is 0 Å². The van der Waals surface area contributed by atoms with Crippen molar-refractivity contribution < 1.29 is 27.5 Å². The summed E-state index contributed by atoms with van der Waals surface area (Å²) in [6, 6.07) is 9.81. The fourth-order valence-corrected chi connectivity index (χ4v) is 6.90. The third kappa shape index (κ3) is 8.28. The van der Waals surface area contributed by atoms with Gasteiger partial charge in [0.05, 0.1) is 24.5 Å². The molecule has 0 unspecified atom stereocenters. The average molecular weight is 626 g/mol. The van der Waals surface area contributed by atoms with E-state index in [4.69, 9.17) is 14.5 Å². The highest BCUT2D eigenvalue weighted by molar-refractivity contribution is 7.90. The lowest BCUT2D eigenvalue weighted by Crippen LogP contribution is -2.43. The molecule has 0 spiro atoms. The molecule has 0 atom stereocenters. The molecule has 3 heterocycles. The smallest absolute Gasteiger partial charge is 0.306 e. The number of hydrogen-bond donors (Lipinski definition) is 1. The second-order valence-corrected chi connectivity index (χ2v) is 14.2. The molecule has 1 aromatic carbocycles. The van der Waals surface area contributed by atoms with E-state index >= 15 is 0 Å². The zero-order valence-corrected chi connectivity index (χ0v) is 26.4. The van der Waals surface area contributed by atoms with Gasteiger partial charge in [0.15, 0.2) is 0 Å². The van der Waals surface area contributed by atoms with Gasteiger partial charge in [-0.1, -0.05) is 6.07 Å². The molecule has 11 nitrogen and oxygen atoms in total. The molecule has 1 saturated heterocycles. The van der Waals surface area contributed by atoms with E-state index in [-0.39, 0.29) is 29.6 Å². The molecule has 1 aliphatic heterocycles. The monoisotopic (exact) mass is 625 g/mol. The summed E-state index contributed by atoms with van der Waals surface area (Å²) in [7, 11) is -3.02. The molecule has 1 aliphatic carbocycles. The van der Waals surface area contributed by atoms with Crippen LogP contribution < -0.4 is 10.1 Å². The molecule has 3 aromatic rings. The van der Waals surface area contributed by atoms with Crippen molar-refractivity contribution in [3.8, 4) is 11.6 Å². The number of benzene rings is 1. The third-order valence-electron chi connectivity index (χ3n) is 8.59. The summed E-state index contributed by atoms with van der Waals surface area (Å²) in [5, 5.41) is 4.41. The summed E-state index contributed by atoms with van der Waals surface area (Å²) in [4.78, 5) is 36.3. The average Bonchev–Trinajstić information content (AvgIpc) is 3.45. The Bertz CT molecular complexity index is 1540. The summed E-state index contributed by atoms with van der Waals surface area (Å²) < 4.78 is 35.8. The number of rotatable bonds is 12. The van der Waals surface area contributed by atoms with Crippen LogP contribution in [0.3, 0.4) is 0 Å². The molecule has 238 valence electrons. The van der Waals surface area contributed by atoms with Crippen LogP contribution in [-0.4, -0.2) is 84.1 Å². The Hall–Kier alpha value is -3.67. The summed E-state index contributed by atoms with van der Waals surface area (Å²) in [6.07, 6.45) is 10.9. The molecular weight excluding hydrogens is 582 g/mol. The number of carbonyl (C=O) groups excluding carboxylic acids is 2. The molecule has 0 bridgehead atoms. The van der Waals surface area contributed by atoms with E-state index in [1.54, 1.807) is 6.20 Å². The van der Waals surface area contributed by atoms with E-state index in [1.807, 2.05) is 52.9 Å². The van der Waals surface area contributed by atoms with E-state index in [9.17, 15) is 18.0 Å². The molecule has 5 rings (SSSR count). The largest absolute Gasteiger partial charge is 0.493 e. The van der Waals surface area contributed by atoms with Gasteiger partial charge in [-0.05, 0) is 82.1 Å². The van der Waals surface area contributed by atoms with E-state index in [2.05, 4.69) is 10.3 Å². The first-order valence-corrected chi connectivity index (χ1v) is 17.7. The molecule has 12 heteroatoms. The Balaban J connectivity index is 1.13. The van der Waals surface area contributed by atoms with E-state index in [0.717, 1.165) is 55.2 Å². The van der Waals surface area contributed by atoms with Crippen molar-refractivity contribution in [1.29, 1.82) is 0 Å². The van der Waals surface area contributed by atoms with Gasteiger partial charge in [0.1, 0.15) is 21.4 Å². The first-order valence-electron chi connectivity index (χ1n) is 15.6. The summed E-state index contributed by atoms with van der Waals surface area (Å²) in [6.45, 7) is 3.98. The second kappa shape index (κ2) is 14.4. The van der Waals surface area contributed by atoms with Crippen LogP contribution in [0.15, 0.2) is 42.7 Å². The number of piperidine rings is 1. The number of aromatic nitrogens is 3. The number of carbonyl (C=O) groups is 2. The minimum Gasteiger partial charge on any atom is -0.493 e. The van der Waals surface area contributed by atoms with Crippen LogP contribution >= 0.6 is 0 Å². The Morgan fingerprint density at radius 1 is 1.05 bits per heavy atom. The topological polar surface area (TPSA) is 133 Å². The van der Waals surface area contributed by atoms with Crippen molar-refractivity contribution in [3.05, 3.63) is 42.7 Å². The van der Waals surface area contributed by atoms with Crippen molar-refractivity contribution in [2.75, 3.05) is 43.6 Å². The van der Waals surface area contributed by atoms with Crippen LogP contribution in [0, 0.1) is 11.8 Å². The number of nitrogens with zero attached hydrogens (tertiary/aromatic N) is 4. The van der Waals surface area contributed by atoms with Gasteiger partial charge in [0.25, 0.3) is 0 Å². The highest BCUT2D eigenvalue weighted by Crippen LogP contribution is 2.31. The molecular formula is C32H43N5O6S. The van der Waals surface area contributed by atoms with Gasteiger partial charge in [0, 0.05) is 55.5 Å². The number of likely N-dealkylation sites (tertiary alicyclic amines) is 1. The van der Waals surface area contributed by atoms with E-state index in [1.165, 1.54) is 6.26 Å². The lowest BCUT2D eigenvalue weighted by molar-refractivity contribution is -0.145. The second-order valence-electron chi connectivity index (χ2n) is 11.9. The zero-order valence-electron chi connectivity index (χ0n) is 25.6. The van der Waals surface area contributed by atoms with Gasteiger partial charge in [0.2, 0.25) is 11.9 Å². The number of ether oxygens (including phenoxy) is 2. The number of sulfone groups is 1. The molecule has 1 N–H and O–H groups in total. The van der Waals surface area contributed by atoms with Gasteiger partial charge >= 0.3 is 5.97 Å². The zero-order chi connectivity index (χ0) is 31.1. The minimum absolute atomic E-state index is 0.0379. The molecule has 2 aromatic heterocycles. The number of anilines is 1. The van der Waals surface area contributed by atoms with Crippen molar-refractivity contribution in [2.24, 2.45) is 11.8 Å². The van der Waals surface area contributed by atoms with Gasteiger partial charge in [-0.2, -0.15) is 4.98 Å². The Morgan fingerprint density at radius 3 is 2.55 bits per heavy atom. The van der Waals surface area contributed by atoms with Crippen LogP contribution in [-0.2, 0) is 24.2 Å². The summed E-state index contributed by atoms with van der Waals surface area (Å²) >= 11 is 0. The van der Waals surface area contributed by atoms with Crippen LogP contribution in [0.1, 0.15) is 58.3 Å². The normalized spacial score (nSPS) is 19.5. The Labute approximate surface area is 259 Å². The van der Waals surface area contributed by atoms with Crippen molar-refractivity contribution >= 4 is 38.6 Å². The number of hydrogen-bond acceptors (Lipinski definition) is 9. The Morgan fingerprint density at radius 2 is 1.82 bits per heavy atom. The van der Waals surface area contributed by atoms with Crippen LogP contribution in [0.25, 0.3) is 16.7 Å². The third-order valence-corrected chi connectivity index (χ3v) is 9.62. The summed E-state index contributed by atoms with van der Waals surface area (Å²) in [5.74, 6) is 2.52. The fraction of sp³-hybridized carbons (Fsp3) is 0.562. The molecule has 0 radical (unpaired) electrons. The molecule has 2 aliphatic rings.